The van der Waals surface area contributed by atoms with Gasteiger partial charge in [0, 0.05) is 24.5 Å². The molecule has 1 N–H and O–H groups in total. The molecule has 0 radical (unpaired) electrons. The predicted octanol–water partition coefficient (Wildman–Crippen LogP) is 5.45. The summed E-state index contributed by atoms with van der Waals surface area (Å²) in [7, 11) is 0. The molecule has 0 unspecified atom stereocenters. The van der Waals surface area contributed by atoms with E-state index >= 15 is 0 Å². The third-order valence-electron chi connectivity index (χ3n) is 7.28. The van der Waals surface area contributed by atoms with E-state index in [9.17, 15) is 14.7 Å². The summed E-state index contributed by atoms with van der Waals surface area (Å²) in [5.74, 6) is 0.176. The maximum Gasteiger partial charge on any atom is 0.295 e. The van der Waals surface area contributed by atoms with Crippen molar-refractivity contribution in [1.82, 2.24) is 9.88 Å². The van der Waals surface area contributed by atoms with Crippen LogP contribution in [0.25, 0.3) is 5.76 Å². The minimum atomic E-state index is -0.899. The van der Waals surface area contributed by atoms with Crippen LogP contribution in [0.4, 0.5) is 0 Å². The molecule has 1 aromatic heterocycles. The Balaban J connectivity index is 1.43. The Kier molecular flexibility index (Phi) is 7.95. The van der Waals surface area contributed by atoms with Crippen molar-refractivity contribution in [3.05, 3.63) is 119 Å². The zero-order valence-corrected chi connectivity index (χ0v) is 23.6. The molecular formula is C34H30N2O7. The second-order valence-electron chi connectivity index (χ2n) is 10.1. The Morgan fingerprint density at radius 2 is 1.65 bits per heavy atom. The van der Waals surface area contributed by atoms with Crippen LogP contribution >= 0.6 is 0 Å². The number of carbonyl (C=O) groups is 2. The maximum atomic E-state index is 13.6. The highest BCUT2D eigenvalue weighted by Crippen LogP contribution is 2.44. The van der Waals surface area contributed by atoms with E-state index in [1.54, 1.807) is 60.9 Å². The number of aliphatic hydroxyl groups excluding tert-OH is 1. The Morgan fingerprint density at radius 1 is 0.884 bits per heavy atom. The molecule has 2 aliphatic rings. The van der Waals surface area contributed by atoms with Crippen LogP contribution in [0.5, 0.6) is 23.0 Å². The number of ether oxygens (including phenoxy) is 4. The van der Waals surface area contributed by atoms with Crippen LogP contribution in [0.3, 0.4) is 0 Å². The molecule has 3 heterocycles. The van der Waals surface area contributed by atoms with Crippen LogP contribution in [0.2, 0.25) is 0 Å². The molecule has 0 bridgehead atoms. The summed E-state index contributed by atoms with van der Waals surface area (Å²) >= 11 is 0. The van der Waals surface area contributed by atoms with Gasteiger partial charge in [0.25, 0.3) is 11.7 Å². The topological polar surface area (TPSA) is 107 Å². The van der Waals surface area contributed by atoms with Gasteiger partial charge in [-0.2, -0.15) is 0 Å². The average molecular weight is 579 g/mol. The van der Waals surface area contributed by atoms with Crippen molar-refractivity contribution in [1.29, 1.82) is 0 Å². The normalized spacial score (nSPS) is 17.1. The highest BCUT2D eigenvalue weighted by atomic mass is 16.6. The number of benzene rings is 3. The van der Waals surface area contributed by atoms with Crippen LogP contribution in [0, 0.1) is 0 Å². The van der Waals surface area contributed by atoms with Gasteiger partial charge in [-0.15, -0.1) is 0 Å². The first-order valence-electron chi connectivity index (χ1n) is 14.0. The number of ketones is 1. The van der Waals surface area contributed by atoms with Crippen molar-refractivity contribution in [3.8, 4) is 23.0 Å². The van der Waals surface area contributed by atoms with E-state index in [2.05, 4.69) is 4.98 Å². The van der Waals surface area contributed by atoms with Gasteiger partial charge in [-0.25, -0.2) is 0 Å². The largest absolute Gasteiger partial charge is 0.507 e. The molecule has 218 valence electrons. The van der Waals surface area contributed by atoms with Gasteiger partial charge in [-0.3, -0.25) is 14.6 Å². The first-order chi connectivity index (χ1) is 21.0. The first kappa shape index (κ1) is 27.8. The fourth-order valence-corrected chi connectivity index (χ4v) is 5.24. The number of amides is 1. The highest BCUT2D eigenvalue weighted by Gasteiger charge is 2.46. The van der Waals surface area contributed by atoms with Crippen molar-refractivity contribution in [2.75, 3.05) is 19.8 Å². The van der Waals surface area contributed by atoms with Crippen LogP contribution in [0.15, 0.2) is 96.8 Å². The second-order valence-corrected chi connectivity index (χ2v) is 10.1. The lowest BCUT2D eigenvalue weighted by Gasteiger charge is -2.26. The van der Waals surface area contributed by atoms with Crippen molar-refractivity contribution >= 4 is 17.4 Å². The Morgan fingerprint density at radius 3 is 2.42 bits per heavy atom. The van der Waals surface area contributed by atoms with Crippen LogP contribution in [-0.4, -0.2) is 46.5 Å². The van der Waals surface area contributed by atoms with Crippen LogP contribution in [-0.2, 0) is 22.7 Å². The molecule has 9 nitrogen and oxygen atoms in total. The van der Waals surface area contributed by atoms with E-state index in [0.717, 1.165) is 11.1 Å². The number of fused-ring (bicyclic) bond motifs is 1. The van der Waals surface area contributed by atoms with Crippen molar-refractivity contribution < 1.29 is 33.6 Å². The number of hydrogen-bond acceptors (Lipinski definition) is 8. The predicted molar refractivity (Wildman–Crippen MR) is 158 cm³/mol. The van der Waals surface area contributed by atoms with Gasteiger partial charge in [0.1, 0.15) is 25.6 Å². The standard InChI is InChI=1S/C34H30N2O7/c1-2-40-28-18-24(8-10-27(28)43-21-23-6-4-3-5-7-23)31-30(32(37)25-9-11-26-29(19-25)42-17-16-41-26)33(38)34(39)36(31)20-22-12-14-35-15-13-22/h3-15,18-19,31,37H,2,16-17,20-21H2,1H3/t31-/m0/s1. The van der Waals surface area contributed by atoms with E-state index in [1.807, 2.05) is 37.3 Å². The van der Waals surface area contributed by atoms with Crippen molar-refractivity contribution in [2.45, 2.75) is 26.1 Å². The summed E-state index contributed by atoms with van der Waals surface area (Å²) in [5.41, 5.74) is 2.68. The molecule has 9 heteroatoms. The Labute approximate surface area is 248 Å². The molecule has 1 atom stereocenters. The van der Waals surface area contributed by atoms with Gasteiger partial charge in [0.05, 0.1) is 18.2 Å². The number of aliphatic hydroxyl groups is 1. The molecule has 0 saturated carbocycles. The summed E-state index contributed by atoms with van der Waals surface area (Å²) in [4.78, 5) is 32.6. The van der Waals surface area contributed by atoms with E-state index in [0.29, 0.717) is 60.6 Å². The minimum absolute atomic E-state index is 0.0314. The lowest BCUT2D eigenvalue weighted by Crippen LogP contribution is -2.29. The van der Waals surface area contributed by atoms with Gasteiger partial charge < -0.3 is 29.0 Å². The fourth-order valence-electron chi connectivity index (χ4n) is 5.24. The summed E-state index contributed by atoms with van der Waals surface area (Å²) in [6.45, 7) is 3.50. The Bertz CT molecular complexity index is 1670. The van der Waals surface area contributed by atoms with E-state index in [1.165, 1.54) is 4.90 Å². The summed E-state index contributed by atoms with van der Waals surface area (Å²) in [6.07, 6.45) is 3.25. The van der Waals surface area contributed by atoms with E-state index in [4.69, 9.17) is 18.9 Å². The van der Waals surface area contributed by atoms with Crippen molar-refractivity contribution in [2.24, 2.45) is 0 Å². The summed E-state index contributed by atoms with van der Waals surface area (Å²) in [6, 6.07) is 22.7. The molecule has 0 aliphatic carbocycles. The molecular weight excluding hydrogens is 548 g/mol. The zero-order chi connectivity index (χ0) is 29.8. The molecule has 3 aromatic carbocycles. The molecule has 1 saturated heterocycles. The Hall–Kier alpha value is -5.31. The number of rotatable bonds is 9. The number of likely N-dealkylation sites (tertiary alicyclic amines) is 1. The van der Waals surface area contributed by atoms with Gasteiger partial charge >= 0.3 is 0 Å². The van der Waals surface area contributed by atoms with E-state index in [-0.39, 0.29) is 17.9 Å². The first-order valence-corrected chi connectivity index (χ1v) is 14.0. The molecule has 2 aliphatic heterocycles. The summed E-state index contributed by atoms with van der Waals surface area (Å²) < 4.78 is 23.3. The second kappa shape index (κ2) is 12.3. The third kappa shape index (κ3) is 5.74. The number of aromatic nitrogens is 1. The van der Waals surface area contributed by atoms with Crippen LogP contribution < -0.4 is 18.9 Å². The van der Waals surface area contributed by atoms with Gasteiger partial charge in [0.2, 0.25) is 0 Å². The van der Waals surface area contributed by atoms with Gasteiger partial charge in [-0.05, 0) is 66.1 Å². The fraction of sp³-hybridized carbons (Fsp3) is 0.206. The lowest BCUT2D eigenvalue weighted by molar-refractivity contribution is -0.140. The quantitative estimate of drug-likeness (QED) is 0.159. The monoisotopic (exact) mass is 578 g/mol. The number of Topliss-reactive ketones (excluding diaryl/α,β-unsaturated/α-hetero) is 1. The molecule has 4 aromatic rings. The van der Waals surface area contributed by atoms with Crippen LogP contribution in [0.1, 0.15) is 35.2 Å². The molecule has 0 spiro atoms. The third-order valence-corrected chi connectivity index (χ3v) is 7.28. The highest BCUT2D eigenvalue weighted by molar-refractivity contribution is 6.46. The molecule has 1 amide bonds. The number of nitrogens with zero attached hydrogens (tertiary/aromatic N) is 2. The number of hydrogen-bond donors (Lipinski definition) is 1. The van der Waals surface area contributed by atoms with Gasteiger partial charge in [-0.1, -0.05) is 36.4 Å². The maximum absolute atomic E-state index is 13.6. The SMILES string of the molecule is CCOc1cc([C@H]2C(=C(O)c3ccc4c(c3)OCCO4)C(=O)C(=O)N2Cc2ccncc2)ccc1OCc1ccccc1. The van der Waals surface area contributed by atoms with Gasteiger partial charge in [0.15, 0.2) is 23.0 Å². The molecule has 43 heavy (non-hydrogen) atoms. The zero-order valence-electron chi connectivity index (χ0n) is 23.6. The minimum Gasteiger partial charge on any atom is -0.507 e. The smallest absolute Gasteiger partial charge is 0.295 e. The lowest BCUT2D eigenvalue weighted by atomic mass is 9.94. The average Bonchev–Trinajstić information content (AvgIpc) is 3.29. The molecule has 1 fully saturated rings. The number of pyridine rings is 1. The van der Waals surface area contributed by atoms with Crippen molar-refractivity contribution in [3.63, 3.8) is 0 Å². The van der Waals surface area contributed by atoms with E-state index < -0.39 is 17.7 Å². The number of carbonyl (C=O) groups excluding carboxylic acids is 2. The molecule has 6 rings (SSSR count). The summed E-state index contributed by atoms with van der Waals surface area (Å²) in [5, 5.41) is 11.6.